The molecule has 0 aliphatic heterocycles. The van der Waals surface area contributed by atoms with Crippen LogP contribution < -0.4 is 15.0 Å². The quantitative estimate of drug-likeness (QED) is 0.896. The number of hydrogen-bond acceptors (Lipinski definition) is 3. The van der Waals surface area contributed by atoms with Gasteiger partial charge in [0.05, 0.1) is 5.69 Å². The number of carbonyl (C=O) groups excluding carboxylic acids is 1. The molecule has 4 heteroatoms. The summed E-state index contributed by atoms with van der Waals surface area (Å²) in [6, 6.07) is 4.08. The zero-order valence-electron chi connectivity index (χ0n) is 12.0. The van der Waals surface area contributed by atoms with Crippen molar-refractivity contribution in [1.82, 2.24) is 5.32 Å². The number of rotatable bonds is 3. The zero-order valence-corrected chi connectivity index (χ0v) is 12.0. The summed E-state index contributed by atoms with van der Waals surface area (Å²) >= 11 is 0. The Morgan fingerprint density at radius 2 is 1.94 bits per heavy atom. The van der Waals surface area contributed by atoms with Gasteiger partial charge in [-0.2, -0.15) is 0 Å². The fraction of sp³-hybridized carbons (Fsp3) is 0.500. The Morgan fingerprint density at radius 1 is 1.33 bits per heavy atom. The van der Waals surface area contributed by atoms with E-state index < -0.39 is 6.09 Å². The van der Waals surface area contributed by atoms with E-state index >= 15 is 0 Å². The fourth-order valence-corrected chi connectivity index (χ4v) is 1.95. The summed E-state index contributed by atoms with van der Waals surface area (Å²) in [4.78, 5) is 13.5. The van der Waals surface area contributed by atoms with Crippen LogP contribution in [-0.4, -0.2) is 27.2 Å². The number of hydrogen-bond donors (Lipinski definition) is 1. The number of nitrogens with zero attached hydrogens (tertiary/aromatic N) is 1. The van der Waals surface area contributed by atoms with E-state index in [9.17, 15) is 4.79 Å². The summed E-state index contributed by atoms with van der Waals surface area (Å²) in [6.07, 6.45) is -0.439. The topological polar surface area (TPSA) is 41.6 Å². The van der Waals surface area contributed by atoms with E-state index in [0.29, 0.717) is 11.7 Å². The summed E-state index contributed by atoms with van der Waals surface area (Å²) in [6.45, 7) is 6.18. The molecule has 1 amide bonds. The average Bonchev–Trinajstić information content (AvgIpc) is 2.27. The number of aryl methyl sites for hydroxylation is 1. The van der Waals surface area contributed by atoms with Gasteiger partial charge in [0.25, 0.3) is 0 Å². The van der Waals surface area contributed by atoms with Gasteiger partial charge >= 0.3 is 6.09 Å². The average molecular weight is 250 g/mol. The summed E-state index contributed by atoms with van der Waals surface area (Å²) in [5, 5.41) is 2.49. The summed E-state index contributed by atoms with van der Waals surface area (Å²) in [5.74, 6) is 0.943. The predicted molar refractivity (Wildman–Crippen MR) is 74.7 cm³/mol. The van der Waals surface area contributed by atoms with Crippen LogP contribution in [0.2, 0.25) is 0 Å². The minimum absolute atomic E-state index is 0.295. The van der Waals surface area contributed by atoms with Crippen molar-refractivity contribution in [3.63, 3.8) is 0 Å². The molecular formula is C14H22N2O2. The van der Waals surface area contributed by atoms with Gasteiger partial charge in [0.1, 0.15) is 0 Å². The van der Waals surface area contributed by atoms with Crippen molar-refractivity contribution >= 4 is 11.8 Å². The Morgan fingerprint density at radius 3 is 2.39 bits per heavy atom. The molecule has 0 fully saturated rings. The molecule has 0 atom stereocenters. The van der Waals surface area contributed by atoms with Gasteiger partial charge in [-0.25, -0.2) is 4.79 Å². The Bertz CT molecular complexity index is 440. The van der Waals surface area contributed by atoms with Crippen molar-refractivity contribution in [2.45, 2.75) is 26.7 Å². The number of benzene rings is 1. The Balaban J connectivity index is 3.38. The van der Waals surface area contributed by atoms with Crippen LogP contribution in [0.4, 0.5) is 10.5 Å². The van der Waals surface area contributed by atoms with Crippen LogP contribution >= 0.6 is 0 Å². The maximum absolute atomic E-state index is 11.5. The standard InChI is InChI=1S/C14H22N2O2/c1-9(2)11-8-7-10(3)12(16(5)6)13(11)18-14(17)15-4/h7-9H,1-6H3,(H,15,17). The Hall–Kier alpha value is -1.71. The van der Waals surface area contributed by atoms with Crippen molar-refractivity contribution in [3.8, 4) is 5.75 Å². The molecule has 0 radical (unpaired) electrons. The molecule has 0 saturated carbocycles. The highest BCUT2D eigenvalue weighted by Crippen LogP contribution is 2.38. The van der Waals surface area contributed by atoms with E-state index in [1.165, 1.54) is 0 Å². The van der Waals surface area contributed by atoms with Crippen molar-refractivity contribution in [3.05, 3.63) is 23.3 Å². The number of anilines is 1. The van der Waals surface area contributed by atoms with Crippen molar-refractivity contribution in [2.75, 3.05) is 26.0 Å². The third kappa shape index (κ3) is 2.94. The van der Waals surface area contributed by atoms with E-state index in [0.717, 1.165) is 16.8 Å². The SMILES string of the molecule is CNC(=O)Oc1c(C(C)C)ccc(C)c1N(C)C. The molecular weight excluding hydrogens is 228 g/mol. The van der Waals surface area contributed by atoms with E-state index in [1.807, 2.05) is 32.0 Å². The molecule has 1 N–H and O–H groups in total. The third-order valence-corrected chi connectivity index (χ3v) is 2.83. The van der Waals surface area contributed by atoms with Gasteiger partial charge in [0.2, 0.25) is 0 Å². The first-order valence-corrected chi connectivity index (χ1v) is 6.08. The molecule has 0 unspecified atom stereocenters. The monoisotopic (exact) mass is 250 g/mol. The van der Waals surface area contributed by atoms with Crippen LogP contribution in [0.25, 0.3) is 0 Å². The fourth-order valence-electron chi connectivity index (χ4n) is 1.95. The van der Waals surface area contributed by atoms with Gasteiger partial charge in [0.15, 0.2) is 5.75 Å². The van der Waals surface area contributed by atoms with Crippen LogP contribution in [0.5, 0.6) is 5.75 Å². The van der Waals surface area contributed by atoms with Crippen LogP contribution in [0.15, 0.2) is 12.1 Å². The Kier molecular flexibility index (Phi) is 4.59. The minimum Gasteiger partial charge on any atom is -0.408 e. The zero-order chi connectivity index (χ0) is 13.9. The molecule has 18 heavy (non-hydrogen) atoms. The lowest BCUT2D eigenvalue weighted by Gasteiger charge is -2.23. The van der Waals surface area contributed by atoms with E-state index in [-0.39, 0.29) is 0 Å². The molecule has 0 saturated heterocycles. The molecule has 0 heterocycles. The van der Waals surface area contributed by atoms with Crippen molar-refractivity contribution < 1.29 is 9.53 Å². The Labute approximate surface area is 109 Å². The van der Waals surface area contributed by atoms with Gasteiger partial charge in [-0.1, -0.05) is 26.0 Å². The number of carbonyl (C=O) groups is 1. The first-order chi connectivity index (χ1) is 8.38. The molecule has 1 aromatic carbocycles. The number of amides is 1. The summed E-state index contributed by atoms with van der Waals surface area (Å²) in [5.41, 5.74) is 3.07. The van der Waals surface area contributed by atoms with Crippen molar-refractivity contribution in [2.24, 2.45) is 0 Å². The normalized spacial score (nSPS) is 10.4. The maximum atomic E-state index is 11.5. The van der Waals surface area contributed by atoms with Crippen LogP contribution in [0.1, 0.15) is 30.9 Å². The highest BCUT2D eigenvalue weighted by molar-refractivity contribution is 5.76. The molecule has 0 bridgehead atoms. The van der Waals surface area contributed by atoms with Gasteiger partial charge in [-0.05, 0) is 24.0 Å². The predicted octanol–water partition coefficient (Wildman–Crippen LogP) is 2.90. The second-order valence-corrected chi connectivity index (χ2v) is 4.84. The van der Waals surface area contributed by atoms with Gasteiger partial charge in [0, 0.05) is 21.1 Å². The molecule has 1 rings (SSSR count). The number of nitrogens with one attached hydrogen (secondary N) is 1. The second kappa shape index (κ2) is 5.76. The largest absolute Gasteiger partial charge is 0.412 e. The van der Waals surface area contributed by atoms with Crippen LogP contribution in [0, 0.1) is 6.92 Å². The molecule has 0 aromatic heterocycles. The van der Waals surface area contributed by atoms with E-state index in [2.05, 4.69) is 25.2 Å². The lowest BCUT2D eigenvalue weighted by atomic mass is 9.98. The minimum atomic E-state index is -0.439. The van der Waals surface area contributed by atoms with E-state index in [4.69, 9.17) is 4.74 Å². The molecule has 0 aliphatic rings. The van der Waals surface area contributed by atoms with Crippen molar-refractivity contribution in [1.29, 1.82) is 0 Å². The summed E-state index contributed by atoms with van der Waals surface area (Å²) < 4.78 is 5.44. The lowest BCUT2D eigenvalue weighted by Crippen LogP contribution is -2.24. The molecule has 0 aliphatic carbocycles. The summed E-state index contributed by atoms with van der Waals surface area (Å²) in [7, 11) is 5.45. The van der Waals surface area contributed by atoms with Gasteiger partial charge in [-0.3, -0.25) is 0 Å². The first-order valence-electron chi connectivity index (χ1n) is 6.08. The first kappa shape index (κ1) is 14.4. The van der Waals surface area contributed by atoms with Crippen LogP contribution in [0.3, 0.4) is 0 Å². The van der Waals surface area contributed by atoms with Crippen LogP contribution in [-0.2, 0) is 0 Å². The van der Waals surface area contributed by atoms with E-state index in [1.54, 1.807) is 7.05 Å². The maximum Gasteiger partial charge on any atom is 0.412 e. The highest BCUT2D eigenvalue weighted by Gasteiger charge is 2.18. The molecule has 100 valence electrons. The smallest absolute Gasteiger partial charge is 0.408 e. The second-order valence-electron chi connectivity index (χ2n) is 4.84. The number of ether oxygens (including phenoxy) is 1. The third-order valence-electron chi connectivity index (χ3n) is 2.83. The molecule has 4 nitrogen and oxygen atoms in total. The lowest BCUT2D eigenvalue weighted by molar-refractivity contribution is 0.202. The van der Waals surface area contributed by atoms with Gasteiger partial charge < -0.3 is 15.0 Å². The van der Waals surface area contributed by atoms with Gasteiger partial charge in [-0.15, -0.1) is 0 Å². The molecule has 0 spiro atoms. The molecule has 1 aromatic rings. The highest BCUT2D eigenvalue weighted by atomic mass is 16.6.